The lowest BCUT2D eigenvalue weighted by Gasteiger charge is -2.11. The average molecular weight is 208 g/mol. The van der Waals surface area contributed by atoms with E-state index < -0.39 is 6.09 Å². The second-order valence-corrected chi connectivity index (χ2v) is 3.39. The molecule has 0 aliphatic heterocycles. The van der Waals surface area contributed by atoms with Crippen LogP contribution in [-0.4, -0.2) is 22.1 Å². The Hall–Kier alpha value is -0.250. The molecule has 10 heavy (non-hydrogen) atoms. The van der Waals surface area contributed by atoms with Crippen molar-refractivity contribution >= 4 is 22.0 Å². The Balaban J connectivity index is 2.45. The van der Waals surface area contributed by atoms with Crippen molar-refractivity contribution in [2.45, 2.75) is 18.9 Å². The van der Waals surface area contributed by atoms with Crippen molar-refractivity contribution in [3.8, 4) is 0 Å². The number of nitrogens with one attached hydrogen (secondary N) is 1. The van der Waals surface area contributed by atoms with E-state index in [9.17, 15) is 4.79 Å². The zero-order valence-corrected chi connectivity index (χ0v) is 7.31. The number of hydrogen-bond donors (Lipinski definition) is 2. The SMILES string of the molecule is C[C@@H]1C[C@@]1(CBr)NC(=O)O. The minimum absolute atomic E-state index is 0.161. The molecule has 1 saturated carbocycles. The van der Waals surface area contributed by atoms with Gasteiger partial charge in [0.15, 0.2) is 0 Å². The fourth-order valence-electron chi connectivity index (χ4n) is 1.09. The summed E-state index contributed by atoms with van der Waals surface area (Å²) >= 11 is 3.28. The lowest BCUT2D eigenvalue weighted by atomic mass is 10.3. The Bertz CT molecular complexity index is 158. The average Bonchev–Trinajstić information content (AvgIpc) is 2.42. The van der Waals surface area contributed by atoms with E-state index in [1.54, 1.807) is 0 Å². The van der Waals surface area contributed by atoms with Crippen LogP contribution in [0.15, 0.2) is 0 Å². The molecule has 1 amide bonds. The minimum atomic E-state index is -0.927. The Morgan fingerprint density at radius 1 is 2.00 bits per heavy atom. The van der Waals surface area contributed by atoms with Gasteiger partial charge in [0, 0.05) is 5.33 Å². The number of halogens is 1. The Kier molecular flexibility index (Phi) is 1.90. The highest BCUT2D eigenvalue weighted by atomic mass is 79.9. The van der Waals surface area contributed by atoms with Gasteiger partial charge < -0.3 is 10.4 Å². The number of carbonyl (C=O) groups is 1. The van der Waals surface area contributed by atoms with Crippen LogP contribution in [0.2, 0.25) is 0 Å². The zero-order valence-electron chi connectivity index (χ0n) is 5.72. The molecule has 0 heterocycles. The third kappa shape index (κ3) is 1.26. The topological polar surface area (TPSA) is 49.3 Å². The predicted molar refractivity (Wildman–Crippen MR) is 41.5 cm³/mol. The molecular weight excluding hydrogens is 198 g/mol. The van der Waals surface area contributed by atoms with Crippen molar-refractivity contribution in [2.75, 3.05) is 5.33 Å². The standard InChI is InChI=1S/C6H10BrNO2/c1-4-2-6(4,3-7)8-5(9)10/h4,8H,2-3H2,1H3,(H,9,10)/t4-,6+/m1/s1. The van der Waals surface area contributed by atoms with Crippen molar-refractivity contribution in [2.24, 2.45) is 5.92 Å². The quantitative estimate of drug-likeness (QED) is 0.674. The van der Waals surface area contributed by atoms with E-state index in [0.717, 1.165) is 6.42 Å². The van der Waals surface area contributed by atoms with Crippen molar-refractivity contribution < 1.29 is 9.90 Å². The maximum atomic E-state index is 10.2. The molecular formula is C6H10BrNO2. The molecule has 0 bridgehead atoms. The van der Waals surface area contributed by atoms with E-state index in [-0.39, 0.29) is 5.54 Å². The molecule has 0 aromatic rings. The van der Waals surface area contributed by atoms with E-state index in [2.05, 4.69) is 21.2 Å². The van der Waals surface area contributed by atoms with Gasteiger partial charge in [-0.3, -0.25) is 0 Å². The van der Waals surface area contributed by atoms with Crippen molar-refractivity contribution in [3.05, 3.63) is 0 Å². The molecule has 2 N–H and O–H groups in total. The third-order valence-corrected chi connectivity index (χ3v) is 3.05. The number of alkyl halides is 1. The molecule has 1 fully saturated rings. The van der Waals surface area contributed by atoms with Gasteiger partial charge in [-0.2, -0.15) is 0 Å². The highest BCUT2D eigenvalue weighted by Gasteiger charge is 2.51. The van der Waals surface area contributed by atoms with Crippen LogP contribution < -0.4 is 5.32 Å². The van der Waals surface area contributed by atoms with Crippen molar-refractivity contribution in [3.63, 3.8) is 0 Å². The molecule has 0 unspecified atom stereocenters. The van der Waals surface area contributed by atoms with Gasteiger partial charge in [-0.05, 0) is 12.3 Å². The van der Waals surface area contributed by atoms with Crippen LogP contribution in [-0.2, 0) is 0 Å². The second kappa shape index (κ2) is 2.42. The third-order valence-electron chi connectivity index (χ3n) is 2.05. The van der Waals surface area contributed by atoms with Gasteiger partial charge >= 0.3 is 6.09 Å². The molecule has 0 radical (unpaired) electrons. The van der Waals surface area contributed by atoms with Gasteiger partial charge in [-0.1, -0.05) is 22.9 Å². The summed E-state index contributed by atoms with van der Waals surface area (Å²) in [4.78, 5) is 10.2. The number of amides is 1. The van der Waals surface area contributed by atoms with Gasteiger partial charge in [-0.15, -0.1) is 0 Å². The van der Waals surface area contributed by atoms with E-state index in [1.807, 2.05) is 6.92 Å². The van der Waals surface area contributed by atoms with E-state index in [0.29, 0.717) is 11.2 Å². The Labute approximate surface area is 67.9 Å². The van der Waals surface area contributed by atoms with Crippen molar-refractivity contribution in [1.82, 2.24) is 5.32 Å². The maximum Gasteiger partial charge on any atom is 0.405 e. The number of rotatable bonds is 2. The molecule has 1 rings (SSSR count). The Morgan fingerprint density at radius 3 is 2.60 bits per heavy atom. The Morgan fingerprint density at radius 2 is 2.50 bits per heavy atom. The summed E-state index contributed by atoms with van der Waals surface area (Å²) in [5, 5.41) is 11.6. The lowest BCUT2D eigenvalue weighted by Crippen LogP contribution is -2.38. The molecule has 4 heteroatoms. The van der Waals surface area contributed by atoms with Gasteiger partial charge in [0.25, 0.3) is 0 Å². The summed E-state index contributed by atoms with van der Waals surface area (Å²) in [7, 11) is 0. The predicted octanol–water partition coefficient (Wildman–Crippen LogP) is 1.43. The molecule has 3 nitrogen and oxygen atoms in total. The number of hydrogen-bond acceptors (Lipinski definition) is 1. The fraction of sp³-hybridized carbons (Fsp3) is 0.833. The number of carboxylic acid groups (broad SMARTS) is 1. The van der Waals surface area contributed by atoms with Crippen LogP contribution in [0.1, 0.15) is 13.3 Å². The van der Waals surface area contributed by atoms with Gasteiger partial charge in [0.05, 0.1) is 5.54 Å². The van der Waals surface area contributed by atoms with E-state index in [4.69, 9.17) is 5.11 Å². The monoisotopic (exact) mass is 207 g/mol. The van der Waals surface area contributed by atoms with Crippen molar-refractivity contribution in [1.29, 1.82) is 0 Å². The van der Waals surface area contributed by atoms with E-state index >= 15 is 0 Å². The smallest absolute Gasteiger partial charge is 0.405 e. The van der Waals surface area contributed by atoms with Gasteiger partial charge in [-0.25, -0.2) is 4.79 Å². The van der Waals surface area contributed by atoms with Gasteiger partial charge in [0.2, 0.25) is 0 Å². The highest BCUT2D eigenvalue weighted by molar-refractivity contribution is 9.09. The second-order valence-electron chi connectivity index (χ2n) is 2.83. The van der Waals surface area contributed by atoms with Gasteiger partial charge in [0.1, 0.15) is 0 Å². The summed E-state index contributed by atoms with van der Waals surface area (Å²) < 4.78 is 0. The first-order valence-electron chi connectivity index (χ1n) is 3.18. The molecule has 0 aromatic carbocycles. The summed E-state index contributed by atoms with van der Waals surface area (Å²) in [6.45, 7) is 2.04. The van der Waals surface area contributed by atoms with Crippen LogP contribution >= 0.6 is 15.9 Å². The normalized spacial score (nSPS) is 37.2. The zero-order chi connectivity index (χ0) is 7.78. The highest BCUT2D eigenvalue weighted by Crippen LogP contribution is 2.44. The first-order chi connectivity index (χ1) is 4.60. The van der Waals surface area contributed by atoms with Crippen LogP contribution in [0.3, 0.4) is 0 Å². The van der Waals surface area contributed by atoms with Crippen LogP contribution in [0.4, 0.5) is 4.79 Å². The minimum Gasteiger partial charge on any atom is -0.465 e. The largest absolute Gasteiger partial charge is 0.465 e. The molecule has 0 saturated heterocycles. The summed E-state index contributed by atoms with van der Waals surface area (Å²) in [5.74, 6) is 0.475. The van der Waals surface area contributed by atoms with Crippen LogP contribution in [0, 0.1) is 5.92 Å². The summed E-state index contributed by atoms with van der Waals surface area (Å²) in [6.07, 6.45) is 0.0219. The lowest BCUT2D eigenvalue weighted by molar-refractivity contribution is 0.189. The molecule has 1 aliphatic rings. The summed E-state index contributed by atoms with van der Waals surface area (Å²) in [5.41, 5.74) is -0.161. The molecule has 1 aliphatic carbocycles. The van der Waals surface area contributed by atoms with Crippen LogP contribution in [0.25, 0.3) is 0 Å². The first-order valence-corrected chi connectivity index (χ1v) is 4.30. The summed E-state index contributed by atoms with van der Waals surface area (Å²) in [6, 6.07) is 0. The molecule has 58 valence electrons. The molecule has 2 atom stereocenters. The first kappa shape index (κ1) is 7.85. The maximum absolute atomic E-state index is 10.2. The van der Waals surface area contributed by atoms with Crippen LogP contribution in [0.5, 0.6) is 0 Å². The fourth-order valence-corrected chi connectivity index (χ4v) is 2.02. The molecule has 0 aromatic heterocycles. The van der Waals surface area contributed by atoms with E-state index in [1.165, 1.54) is 0 Å². The molecule has 0 spiro atoms.